The van der Waals surface area contributed by atoms with Crippen molar-refractivity contribution in [3.63, 3.8) is 0 Å². The van der Waals surface area contributed by atoms with E-state index in [1.54, 1.807) is 11.8 Å². The van der Waals surface area contributed by atoms with Gasteiger partial charge in [-0.05, 0) is 38.3 Å². The highest BCUT2D eigenvalue weighted by Crippen LogP contribution is 2.27. The summed E-state index contributed by atoms with van der Waals surface area (Å²) >= 11 is 5.75. The Kier molecular flexibility index (Phi) is 4.49. The van der Waals surface area contributed by atoms with Gasteiger partial charge in [0.25, 0.3) is 11.6 Å². The molecule has 1 aromatic rings. The molecule has 7 heteroatoms. The summed E-state index contributed by atoms with van der Waals surface area (Å²) in [4.78, 5) is 24.5. The normalized spacial score (nSPS) is 22.7. The second-order valence-electron chi connectivity index (χ2n) is 5.56. The molecule has 1 aromatic carbocycles. The van der Waals surface area contributed by atoms with Gasteiger partial charge in [-0.1, -0.05) is 11.6 Å². The second kappa shape index (κ2) is 5.99. The number of aliphatic hydroxyl groups is 1. The van der Waals surface area contributed by atoms with Gasteiger partial charge in [0.1, 0.15) is 5.56 Å². The van der Waals surface area contributed by atoms with Crippen LogP contribution in [-0.4, -0.2) is 39.5 Å². The number of carbonyl (C=O) groups is 1. The molecule has 1 fully saturated rings. The first kappa shape index (κ1) is 15.7. The van der Waals surface area contributed by atoms with E-state index in [1.165, 1.54) is 18.2 Å². The molecule has 1 unspecified atom stereocenters. The van der Waals surface area contributed by atoms with Crippen LogP contribution in [0.15, 0.2) is 18.2 Å². The van der Waals surface area contributed by atoms with E-state index in [2.05, 4.69) is 0 Å². The lowest BCUT2D eigenvalue weighted by Gasteiger charge is -2.22. The highest BCUT2D eigenvalue weighted by Gasteiger charge is 2.30. The zero-order chi connectivity index (χ0) is 15.6. The molecule has 1 aliphatic rings. The zero-order valence-corrected chi connectivity index (χ0v) is 12.5. The molecule has 1 amide bonds. The molecule has 6 nitrogen and oxygen atoms in total. The van der Waals surface area contributed by atoms with Gasteiger partial charge in [0.05, 0.1) is 10.5 Å². The van der Waals surface area contributed by atoms with Gasteiger partial charge in [0.15, 0.2) is 0 Å². The summed E-state index contributed by atoms with van der Waals surface area (Å²) in [6.45, 7) is 2.60. The summed E-state index contributed by atoms with van der Waals surface area (Å²) in [5.74, 6) is -0.393. The molecule has 1 aliphatic heterocycles. The number of carbonyl (C=O) groups excluding carboxylic acids is 1. The van der Waals surface area contributed by atoms with E-state index in [0.717, 1.165) is 0 Å². The Bertz CT molecular complexity index is 574. The summed E-state index contributed by atoms with van der Waals surface area (Å²) < 4.78 is 0. The molecule has 2 rings (SSSR count). The highest BCUT2D eigenvalue weighted by atomic mass is 35.5. The van der Waals surface area contributed by atoms with E-state index in [1.807, 2.05) is 0 Å². The first-order chi connectivity index (χ1) is 9.80. The van der Waals surface area contributed by atoms with Crippen molar-refractivity contribution >= 4 is 23.2 Å². The quantitative estimate of drug-likeness (QED) is 0.672. The van der Waals surface area contributed by atoms with Gasteiger partial charge in [-0.15, -0.1) is 0 Å². The monoisotopic (exact) mass is 312 g/mol. The Morgan fingerprint density at radius 2 is 2.14 bits per heavy atom. The van der Waals surface area contributed by atoms with Gasteiger partial charge in [-0.25, -0.2) is 0 Å². The number of halogens is 1. The maximum atomic E-state index is 12.5. The fourth-order valence-electron chi connectivity index (χ4n) is 2.47. The molecule has 0 bridgehead atoms. The van der Waals surface area contributed by atoms with Crippen molar-refractivity contribution in [3.05, 3.63) is 38.9 Å². The Labute approximate surface area is 127 Å². The molecule has 0 aliphatic carbocycles. The minimum atomic E-state index is -0.791. The van der Waals surface area contributed by atoms with Crippen molar-refractivity contribution < 1.29 is 14.8 Å². The van der Waals surface area contributed by atoms with Crippen molar-refractivity contribution in [2.45, 2.75) is 31.8 Å². The Balaban J connectivity index is 2.26. The minimum Gasteiger partial charge on any atom is -0.390 e. The lowest BCUT2D eigenvalue weighted by molar-refractivity contribution is -0.385. The molecule has 1 N–H and O–H groups in total. The minimum absolute atomic E-state index is 0.0333. The summed E-state index contributed by atoms with van der Waals surface area (Å²) in [7, 11) is 0. The van der Waals surface area contributed by atoms with Crippen LogP contribution in [-0.2, 0) is 0 Å². The van der Waals surface area contributed by atoms with E-state index in [9.17, 15) is 20.0 Å². The molecule has 0 saturated carbocycles. The topological polar surface area (TPSA) is 83.7 Å². The maximum absolute atomic E-state index is 12.5. The number of nitro groups is 1. The van der Waals surface area contributed by atoms with Crippen LogP contribution in [0, 0.1) is 10.1 Å². The van der Waals surface area contributed by atoms with Crippen molar-refractivity contribution in [2.75, 3.05) is 13.1 Å². The first-order valence-electron chi connectivity index (χ1n) is 6.76. The predicted molar refractivity (Wildman–Crippen MR) is 78.5 cm³/mol. The Hall–Kier alpha value is -1.66. The van der Waals surface area contributed by atoms with Crippen LogP contribution in [0.2, 0.25) is 5.02 Å². The van der Waals surface area contributed by atoms with E-state index in [-0.39, 0.29) is 16.3 Å². The molecule has 1 heterocycles. The van der Waals surface area contributed by atoms with E-state index >= 15 is 0 Å². The summed E-state index contributed by atoms with van der Waals surface area (Å²) in [6, 6.07) is 4.03. The SMILES string of the molecule is CC1(O)CCCN(C(=O)c2ccc(Cl)cc2[N+](=O)[O-])CC1. The standard InChI is InChI=1S/C14H17ClN2O4/c1-14(19)5-2-7-16(8-6-14)13(18)11-4-3-10(15)9-12(11)17(20)21/h3-4,9,19H,2,5-8H2,1H3. The molecular weight excluding hydrogens is 296 g/mol. The largest absolute Gasteiger partial charge is 0.390 e. The average Bonchev–Trinajstić information content (AvgIpc) is 2.59. The van der Waals surface area contributed by atoms with Gasteiger partial charge in [0, 0.05) is 24.2 Å². The molecule has 114 valence electrons. The lowest BCUT2D eigenvalue weighted by Crippen LogP contribution is -2.33. The van der Waals surface area contributed by atoms with Crippen molar-refractivity contribution in [1.29, 1.82) is 0 Å². The molecule has 1 saturated heterocycles. The molecule has 1 atom stereocenters. The molecular formula is C14H17ClN2O4. The summed E-state index contributed by atoms with van der Waals surface area (Å²) in [5, 5.41) is 21.3. The third-order valence-electron chi connectivity index (χ3n) is 3.74. The zero-order valence-electron chi connectivity index (χ0n) is 11.7. The van der Waals surface area contributed by atoms with Crippen molar-refractivity contribution in [1.82, 2.24) is 4.90 Å². The summed E-state index contributed by atoms with van der Waals surface area (Å²) in [6.07, 6.45) is 1.74. The van der Waals surface area contributed by atoms with Gasteiger partial charge in [-0.3, -0.25) is 14.9 Å². The van der Waals surface area contributed by atoms with Crippen LogP contribution in [0.3, 0.4) is 0 Å². The van der Waals surface area contributed by atoms with Gasteiger partial charge < -0.3 is 10.0 Å². The Morgan fingerprint density at radius 1 is 1.43 bits per heavy atom. The molecule has 0 aromatic heterocycles. The fourth-order valence-corrected chi connectivity index (χ4v) is 2.64. The van der Waals surface area contributed by atoms with Crippen LogP contribution in [0.25, 0.3) is 0 Å². The fraction of sp³-hybridized carbons (Fsp3) is 0.500. The van der Waals surface area contributed by atoms with E-state index in [0.29, 0.717) is 32.4 Å². The average molecular weight is 313 g/mol. The number of nitro benzene ring substituents is 1. The second-order valence-corrected chi connectivity index (χ2v) is 6.00. The van der Waals surface area contributed by atoms with Crippen LogP contribution in [0.4, 0.5) is 5.69 Å². The van der Waals surface area contributed by atoms with Crippen molar-refractivity contribution in [2.24, 2.45) is 0 Å². The number of hydrogen-bond donors (Lipinski definition) is 1. The highest BCUT2D eigenvalue weighted by molar-refractivity contribution is 6.31. The van der Waals surface area contributed by atoms with Gasteiger partial charge in [-0.2, -0.15) is 0 Å². The number of hydrogen-bond acceptors (Lipinski definition) is 4. The molecule has 0 radical (unpaired) electrons. The third-order valence-corrected chi connectivity index (χ3v) is 3.97. The predicted octanol–water partition coefficient (Wildman–Crippen LogP) is 2.63. The van der Waals surface area contributed by atoms with Crippen molar-refractivity contribution in [3.8, 4) is 0 Å². The van der Waals surface area contributed by atoms with Crippen LogP contribution < -0.4 is 0 Å². The molecule has 0 spiro atoms. The number of nitrogens with zero attached hydrogens (tertiary/aromatic N) is 2. The van der Waals surface area contributed by atoms with E-state index < -0.39 is 16.4 Å². The van der Waals surface area contributed by atoms with Crippen LogP contribution in [0.5, 0.6) is 0 Å². The van der Waals surface area contributed by atoms with Gasteiger partial charge in [0.2, 0.25) is 0 Å². The Morgan fingerprint density at radius 3 is 2.81 bits per heavy atom. The van der Waals surface area contributed by atoms with E-state index in [4.69, 9.17) is 11.6 Å². The number of likely N-dealkylation sites (tertiary alicyclic amines) is 1. The summed E-state index contributed by atoms with van der Waals surface area (Å²) in [5.41, 5.74) is -1.05. The number of rotatable bonds is 2. The van der Waals surface area contributed by atoms with Crippen LogP contribution >= 0.6 is 11.6 Å². The number of amides is 1. The maximum Gasteiger partial charge on any atom is 0.283 e. The van der Waals surface area contributed by atoms with Gasteiger partial charge >= 0.3 is 0 Å². The lowest BCUT2D eigenvalue weighted by atomic mass is 9.98. The third kappa shape index (κ3) is 3.71. The smallest absolute Gasteiger partial charge is 0.283 e. The number of benzene rings is 1. The van der Waals surface area contributed by atoms with Crippen LogP contribution in [0.1, 0.15) is 36.5 Å². The first-order valence-corrected chi connectivity index (χ1v) is 7.13. The molecule has 21 heavy (non-hydrogen) atoms.